The van der Waals surface area contributed by atoms with Gasteiger partial charge in [-0.2, -0.15) is 0 Å². The molecule has 0 saturated heterocycles. The van der Waals surface area contributed by atoms with Gasteiger partial charge in [-0.05, 0) is 19.1 Å². The number of hydrogen-bond acceptors (Lipinski definition) is 2. The highest BCUT2D eigenvalue weighted by atomic mass is 16.5. The lowest BCUT2D eigenvalue weighted by molar-refractivity contribution is 0.135. The maximum Gasteiger partial charge on any atom is 0.125 e. The quantitative estimate of drug-likeness (QED) is 0.835. The topological polar surface area (TPSA) is 34.4 Å². The molecule has 3 heteroatoms. The predicted octanol–water partition coefficient (Wildman–Crippen LogP) is 2.42. The van der Waals surface area contributed by atoms with Gasteiger partial charge in [0, 0.05) is 30.8 Å². The van der Waals surface area contributed by atoms with Crippen LogP contribution in [0.1, 0.15) is 12.5 Å². The Morgan fingerprint density at radius 1 is 1.40 bits per heavy atom. The maximum absolute atomic E-state index is 9.80. The van der Waals surface area contributed by atoms with E-state index >= 15 is 0 Å². The van der Waals surface area contributed by atoms with Crippen molar-refractivity contribution in [2.45, 2.75) is 13.5 Å². The van der Waals surface area contributed by atoms with Gasteiger partial charge < -0.3 is 14.4 Å². The molecule has 0 bridgehead atoms. The number of rotatable bonds is 3. The van der Waals surface area contributed by atoms with E-state index in [-0.39, 0.29) is 0 Å². The fourth-order valence-electron chi connectivity index (χ4n) is 1.84. The highest BCUT2D eigenvalue weighted by Crippen LogP contribution is 2.29. The van der Waals surface area contributed by atoms with E-state index in [0.717, 1.165) is 16.5 Å². The summed E-state index contributed by atoms with van der Waals surface area (Å²) in [5.74, 6) is 0.322. The van der Waals surface area contributed by atoms with Crippen molar-refractivity contribution in [1.82, 2.24) is 4.57 Å². The second-order valence-electron chi connectivity index (χ2n) is 3.57. The van der Waals surface area contributed by atoms with Crippen molar-refractivity contribution in [2.24, 2.45) is 7.05 Å². The van der Waals surface area contributed by atoms with Crippen LogP contribution in [0, 0.1) is 0 Å². The van der Waals surface area contributed by atoms with Gasteiger partial charge in [0.15, 0.2) is 0 Å². The Balaban J connectivity index is 2.54. The van der Waals surface area contributed by atoms with Crippen LogP contribution in [0.15, 0.2) is 24.4 Å². The van der Waals surface area contributed by atoms with Crippen LogP contribution >= 0.6 is 0 Å². The summed E-state index contributed by atoms with van der Waals surface area (Å²) in [5, 5.41) is 10.7. The monoisotopic (exact) mass is 205 g/mol. The Labute approximate surface area is 88.9 Å². The Morgan fingerprint density at radius 2 is 2.20 bits per heavy atom. The number of hydrogen-bond donors (Lipinski definition) is 1. The van der Waals surface area contributed by atoms with Crippen LogP contribution in [0.2, 0.25) is 0 Å². The SMILES string of the molecule is CCOCc1cn(C)c2cccc(O)c12. The van der Waals surface area contributed by atoms with E-state index in [1.165, 1.54) is 0 Å². The number of nitrogens with zero attached hydrogens (tertiary/aromatic N) is 1. The number of phenolic OH excluding ortho intramolecular Hbond substituents is 1. The number of aromatic nitrogens is 1. The van der Waals surface area contributed by atoms with Gasteiger partial charge in [0.2, 0.25) is 0 Å². The lowest BCUT2D eigenvalue weighted by atomic mass is 10.1. The number of aromatic hydroxyl groups is 1. The van der Waals surface area contributed by atoms with Crippen molar-refractivity contribution < 1.29 is 9.84 Å². The molecule has 0 fully saturated rings. The standard InChI is InChI=1S/C12H15NO2/c1-3-15-8-9-7-13(2)10-5-4-6-11(14)12(9)10/h4-7,14H,3,8H2,1-2H3. The summed E-state index contributed by atoms with van der Waals surface area (Å²) >= 11 is 0. The fraction of sp³-hybridized carbons (Fsp3) is 0.333. The van der Waals surface area contributed by atoms with E-state index in [1.807, 2.05) is 36.9 Å². The summed E-state index contributed by atoms with van der Waals surface area (Å²) in [6, 6.07) is 5.55. The number of aryl methyl sites for hydroxylation is 1. The molecule has 0 aliphatic carbocycles. The van der Waals surface area contributed by atoms with E-state index in [1.54, 1.807) is 6.07 Å². The zero-order valence-electron chi connectivity index (χ0n) is 9.03. The Hall–Kier alpha value is -1.48. The first-order valence-electron chi connectivity index (χ1n) is 5.07. The summed E-state index contributed by atoms with van der Waals surface area (Å²) in [5.41, 5.74) is 2.07. The van der Waals surface area contributed by atoms with Crippen LogP contribution in [0.25, 0.3) is 10.9 Å². The van der Waals surface area contributed by atoms with E-state index in [9.17, 15) is 5.11 Å². The first-order valence-corrected chi connectivity index (χ1v) is 5.07. The van der Waals surface area contributed by atoms with Crippen molar-refractivity contribution >= 4 is 10.9 Å². The van der Waals surface area contributed by atoms with Gasteiger partial charge in [-0.15, -0.1) is 0 Å². The normalized spacial score (nSPS) is 11.1. The molecule has 0 aliphatic rings. The largest absolute Gasteiger partial charge is 0.507 e. The molecule has 0 unspecified atom stereocenters. The van der Waals surface area contributed by atoms with Gasteiger partial charge in [-0.1, -0.05) is 6.07 Å². The predicted molar refractivity (Wildman–Crippen MR) is 59.9 cm³/mol. The third-order valence-electron chi connectivity index (χ3n) is 2.53. The van der Waals surface area contributed by atoms with Crippen LogP contribution in [0.5, 0.6) is 5.75 Å². The Bertz CT molecular complexity index is 474. The molecule has 0 aliphatic heterocycles. The maximum atomic E-state index is 9.80. The lowest BCUT2D eigenvalue weighted by Gasteiger charge is -2.00. The highest BCUT2D eigenvalue weighted by Gasteiger charge is 2.09. The summed E-state index contributed by atoms with van der Waals surface area (Å²) in [4.78, 5) is 0. The molecule has 0 saturated carbocycles. The third kappa shape index (κ3) is 1.70. The second-order valence-corrected chi connectivity index (χ2v) is 3.57. The average Bonchev–Trinajstić information content (AvgIpc) is 2.55. The minimum Gasteiger partial charge on any atom is -0.507 e. The molecular formula is C12H15NO2. The molecule has 1 aromatic heterocycles. The van der Waals surface area contributed by atoms with Crippen LogP contribution in [-0.4, -0.2) is 16.3 Å². The zero-order valence-corrected chi connectivity index (χ0v) is 9.03. The molecule has 0 radical (unpaired) electrons. The third-order valence-corrected chi connectivity index (χ3v) is 2.53. The zero-order chi connectivity index (χ0) is 10.8. The Kier molecular flexibility index (Phi) is 2.64. The number of phenols is 1. The number of benzene rings is 1. The van der Waals surface area contributed by atoms with Gasteiger partial charge >= 0.3 is 0 Å². The average molecular weight is 205 g/mol. The Morgan fingerprint density at radius 3 is 2.93 bits per heavy atom. The molecule has 3 nitrogen and oxygen atoms in total. The molecule has 2 aromatic rings. The molecule has 15 heavy (non-hydrogen) atoms. The molecule has 1 heterocycles. The highest BCUT2D eigenvalue weighted by molar-refractivity contribution is 5.89. The van der Waals surface area contributed by atoms with Gasteiger partial charge in [-0.3, -0.25) is 0 Å². The van der Waals surface area contributed by atoms with Crippen molar-refractivity contribution in [3.8, 4) is 5.75 Å². The molecule has 0 spiro atoms. The van der Waals surface area contributed by atoms with Crippen molar-refractivity contribution in [2.75, 3.05) is 6.61 Å². The summed E-state index contributed by atoms with van der Waals surface area (Å²) < 4.78 is 7.37. The van der Waals surface area contributed by atoms with Crippen LogP contribution < -0.4 is 0 Å². The van der Waals surface area contributed by atoms with Gasteiger partial charge in [0.05, 0.1) is 12.1 Å². The van der Waals surface area contributed by atoms with Crippen LogP contribution in [0.3, 0.4) is 0 Å². The van der Waals surface area contributed by atoms with E-state index < -0.39 is 0 Å². The van der Waals surface area contributed by atoms with Crippen molar-refractivity contribution in [1.29, 1.82) is 0 Å². The minimum atomic E-state index is 0.322. The molecule has 0 atom stereocenters. The molecule has 1 aromatic carbocycles. The first kappa shape index (κ1) is 10.1. The van der Waals surface area contributed by atoms with Gasteiger partial charge in [-0.25, -0.2) is 0 Å². The number of ether oxygens (including phenoxy) is 1. The molecule has 2 rings (SSSR count). The minimum absolute atomic E-state index is 0.322. The number of fused-ring (bicyclic) bond motifs is 1. The molecule has 1 N–H and O–H groups in total. The first-order chi connectivity index (χ1) is 7.24. The van der Waals surface area contributed by atoms with E-state index in [0.29, 0.717) is 19.0 Å². The van der Waals surface area contributed by atoms with E-state index in [2.05, 4.69) is 0 Å². The van der Waals surface area contributed by atoms with Crippen molar-refractivity contribution in [3.05, 3.63) is 30.0 Å². The summed E-state index contributed by atoms with van der Waals surface area (Å²) in [6.07, 6.45) is 2.00. The molecule has 80 valence electrons. The smallest absolute Gasteiger partial charge is 0.125 e. The molecule has 0 amide bonds. The second kappa shape index (κ2) is 3.95. The summed E-state index contributed by atoms with van der Waals surface area (Å²) in [6.45, 7) is 3.19. The fourth-order valence-corrected chi connectivity index (χ4v) is 1.84. The van der Waals surface area contributed by atoms with E-state index in [4.69, 9.17) is 4.74 Å². The molecular weight excluding hydrogens is 190 g/mol. The summed E-state index contributed by atoms with van der Waals surface area (Å²) in [7, 11) is 1.97. The van der Waals surface area contributed by atoms with Crippen LogP contribution in [-0.2, 0) is 18.4 Å². The van der Waals surface area contributed by atoms with Gasteiger partial charge in [0.25, 0.3) is 0 Å². The van der Waals surface area contributed by atoms with Crippen LogP contribution in [0.4, 0.5) is 0 Å². The van der Waals surface area contributed by atoms with Crippen molar-refractivity contribution in [3.63, 3.8) is 0 Å². The van der Waals surface area contributed by atoms with Gasteiger partial charge in [0.1, 0.15) is 5.75 Å². The lowest BCUT2D eigenvalue weighted by Crippen LogP contribution is -1.90.